The number of benzene rings is 1. The van der Waals surface area contributed by atoms with Gasteiger partial charge in [-0.2, -0.15) is 0 Å². The Morgan fingerprint density at radius 2 is 1.78 bits per heavy atom. The third-order valence-corrected chi connectivity index (χ3v) is 4.39. The molecule has 1 aliphatic carbocycles. The van der Waals surface area contributed by atoms with E-state index in [4.69, 9.17) is 0 Å². The predicted octanol–water partition coefficient (Wildman–Crippen LogP) is 4.11. The fraction of sp³-hybridized carbons (Fsp3) is 0.647. The first-order valence-electron chi connectivity index (χ1n) is 7.15. The highest BCUT2D eigenvalue weighted by Crippen LogP contribution is 2.43. The molecule has 0 bridgehead atoms. The smallest absolute Gasteiger partial charge is 0.00968 e. The van der Waals surface area contributed by atoms with E-state index in [0.29, 0.717) is 5.41 Å². The minimum absolute atomic E-state index is 0.211. The van der Waals surface area contributed by atoms with Crippen LogP contribution in [-0.4, -0.2) is 12.1 Å². The molecule has 100 valence electrons. The minimum atomic E-state index is 0.211. The molecule has 18 heavy (non-hydrogen) atoms. The van der Waals surface area contributed by atoms with Crippen LogP contribution in [0.5, 0.6) is 0 Å². The molecule has 2 rings (SSSR count). The summed E-state index contributed by atoms with van der Waals surface area (Å²) < 4.78 is 0. The van der Waals surface area contributed by atoms with Crippen molar-refractivity contribution in [1.82, 2.24) is 5.32 Å². The van der Waals surface area contributed by atoms with Gasteiger partial charge in [-0.15, -0.1) is 0 Å². The molecular formula is C17H27N. The summed E-state index contributed by atoms with van der Waals surface area (Å²) in [4.78, 5) is 0. The molecule has 0 aliphatic heterocycles. The van der Waals surface area contributed by atoms with E-state index in [1.165, 1.54) is 36.0 Å². The summed E-state index contributed by atoms with van der Waals surface area (Å²) in [5.41, 5.74) is 4.97. The van der Waals surface area contributed by atoms with Crippen LogP contribution in [0.2, 0.25) is 0 Å². The van der Waals surface area contributed by atoms with Gasteiger partial charge in [-0.1, -0.05) is 24.6 Å². The second-order valence-electron chi connectivity index (χ2n) is 7.04. The first kappa shape index (κ1) is 13.6. The molecule has 1 saturated carbocycles. The lowest BCUT2D eigenvalue weighted by Gasteiger charge is -2.44. The summed E-state index contributed by atoms with van der Waals surface area (Å²) in [5, 5.41) is 3.70. The van der Waals surface area contributed by atoms with Crippen LogP contribution in [0.25, 0.3) is 0 Å². The van der Waals surface area contributed by atoms with Gasteiger partial charge in [-0.3, -0.25) is 0 Å². The van der Waals surface area contributed by atoms with E-state index in [1.54, 1.807) is 0 Å². The summed E-state index contributed by atoms with van der Waals surface area (Å²) in [6.07, 6.45) is 4.04. The molecule has 0 spiro atoms. The number of aryl methyl sites for hydroxylation is 2. The van der Waals surface area contributed by atoms with E-state index in [0.717, 1.165) is 6.54 Å². The number of nitrogens with one attached hydrogen (secondary N) is 1. The molecule has 0 heterocycles. The van der Waals surface area contributed by atoms with Gasteiger partial charge in [0.1, 0.15) is 0 Å². The van der Waals surface area contributed by atoms with Crippen molar-refractivity contribution >= 4 is 0 Å². The normalized spacial score (nSPS) is 18.5. The Bertz CT molecular complexity index is 422. The van der Waals surface area contributed by atoms with Crippen molar-refractivity contribution in [1.29, 1.82) is 0 Å². The molecule has 1 N–H and O–H groups in total. The molecule has 1 nitrogen and oxygen atoms in total. The molecule has 0 atom stereocenters. The lowest BCUT2D eigenvalue weighted by atomic mass is 9.64. The maximum Gasteiger partial charge on any atom is 0.00968 e. The van der Waals surface area contributed by atoms with Crippen molar-refractivity contribution in [3.05, 3.63) is 34.9 Å². The predicted molar refractivity (Wildman–Crippen MR) is 79.2 cm³/mol. The SMILES string of the molecule is Cc1ccc(C2(CNC(C)(C)C)CCC2)cc1C. The van der Waals surface area contributed by atoms with Crippen molar-refractivity contribution < 1.29 is 0 Å². The molecule has 1 aromatic carbocycles. The summed E-state index contributed by atoms with van der Waals surface area (Å²) in [6.45, 7) is 12.3. The zero-order chi connectivity index (χ0) is 13.4. The van der Waals surface area contributed by atoms with Crippen LogP contribution < -0.4 is 5.32 Å². The Labute approximate surface area is 112 Å². The van der Waals surface area contributed by atoms with Gasteiger partial charge in [0.15, 0.2) is 0 Å². The van der Waals surface area contributed by atoms with Crippen molar-refractivity contribution in [3.63, 3.8) is 0 Å². The molecule has 1 heteroatoms. The topological polar surface area (TPSA) is 12.0 Å². The Balaban J connectivity index is 2.19. The first-order valence-corrected chi connectivity index (χ1v) is 7.15. The fourth-order valence-electron chi connectivity index (χ4n) is 2.68. The number of hydrogen-bond donors (Lipinski definition) is 1. The van der Waals surface area contributed by atoms with E-state index in [9.17, 15) is 0 Å². The van der Waals surface area contributed by atoms with Crippen LogP contribution in [0, 0.1) is 13.8 Å². The second kappa shape index (κ2) is 4.70. The summed E-state index contributed by atoms with van der Waals surface area (Å²) >= 11 is 0. The third kappa shape index (κ3) is 2.77. The van der Waals surface area contributed by atoms with Crippen LogP contribution in [0.1, 0.15) is 56.7 Å². The minimum Gasteiger partial charge on any atom is -0.311 e. The fourth-order valence-corrected chi connectivity index (χ4v) is 2.68. The van der Waals surface area contributed by atoms with Crippen molar-refractivity contribution in [2.75, 3.05) is 6.54 Å². The van der Waals surface area contributed by atoms with Gasteiger partial charge in [0.05, 0.1) is 0 Å². The Morgan fingerprint density at radius 3 is 2.22 bits per heavy atom. The molecule has 0 radical (unpaired) electrons. The first-order chi connectivity index (χ1) is 8.32. The van der Waals surface area contributed by atoms with Crippen LogP contribution in [0.3, 0.4) is 0 Å². The van der Waals surface area contributed by atoms with E-state index in [2.05, 4.69) is 58.1 Å². The molecule has 0 aromatic heterocycles. The zero-order valence-electron chi connectivity index (χ0n) is 12.6. The second-order valence-corrected chi connectivity index (χ2v) is 7.04. The summed E-state index contributed by atoms with van der Waals surface area (Å²) in [5.74, 6) is 0. The van der Waals surface area contributed by atoms with E-state index in [-0.39, 0.29) is 5.54 Å². The maximum atomic E-state index is 3.70. The van der Waals surface area contributed by atoms with E-state index >= 15 is 0 Å². The van der Waals surface area contributed by atoms with Gasteiger partial charge in [0, 0.05) is 17.5 Å². The van der Waals surface area contributed by atoms with Crippen LogP contribution in [-0.2, 0) is 5.41 Å². The molecule has 0 amide bonds. The van der Waals surface area contributed by atoms with Crippen molar-refractivity contribution in [3.8, 4) is 0 Å². The highest BCUT2D eigenvalue weighted by Gasteiger charge is 2.39. The van der Waals surface area contributed by atoms with Gasteiger partial charge in [-0.25, -0.2) is 0 Å². The lowest BCUT2D eigenvalue weighted by Crippen LogP contribution is -2.49. The largest absolute Gasteiger partial charge is 0.311 e. The Morgan fingerprint density at radius 1 is 1.11 bits per heavy atom. The van der Waals surface area contributed by atoms with Crippen LogP contribution in [0.4, 0.5) is 0 Å². The number of rotatable bonds is 3. The van der Waals surface area contributed by atoms with Crippen molar-refractivity contribution in [2.45, 2.75) is 64.8 Å². The molecular weight excluding hydrogens is 218 g/mol. The Hall–Kier alpha value is -0.820. The van der Waals surface area contributed by atoms with Crippen LogP contribution >= 0.6 is 0 Å². The van der Waals surface area contributed by atoms with Crippen LogP contribution in [0.15, 0.2) is 18.2 Å². The third-order valence-electron chi connectivity index (χ3n) is 4.39. The molecule has 1 aromatic rings. The molecule has 1 fully saturated rings. The van der Waals surface area contributed by atoms with Gasteiger partial charge in [0.2, 0.25) is 0 Å². The summed E-state index contributed by atoms with van der Waals surface area (Å²) in [6, 6.07) is 7.02. The zero-order valence-corrected chi connectivity index (χ0v) is 12.6. The monoisotopic (exact) mass is 245 g/mol. The quantitative estimate of drug-likeness (QED) is 0.845. The van der Waals surface area contributed by atoms with Gasteiger partial charge >= 0.3 is 0 Å². The molecule has 0 unspecified atom stereocenters. The van der Waals surface area contributed by atoms with Gasteiger partial charge < -0.3 is 5.32 Å². The summed E-state index contributed by atoms with van der Waals surface area (Å²) in [7, 11) is 0. The number of hydrogen-bond acceptors (Lipinski definition) is 1. The highest BCUT2D eigenvalue weighted by molar-refractivity contribution is 5.36. The standard InChI is InChI=1S/C17H27N/c1-13-7-8-15(11-14(13)2)17(9-6-10-17)12-18-16(3,4)5/h7-8,11,18H,6,9-10,12H2,1-5H3. The average molecular weight is 245 g/mol. The molecule has 0 saturated heterocycles. The lowest BCUT2D eigenvalue weighted by molar-refractivity contribution is 0.213. The average Bonchev–Trinajstić information content (AvgIpc) is 2.20. The van der Waals surface area contributed by atoms with Gasteiger partial charge in [-0.05, 0) is 64.2 Å². The Kier molecular flexibility index (Phi) is 3.55. The molecule has 1 aliphatic rings. The van der Waals surface area contributed by atoms with Gasteiger partial charge in [0.25, 0.3) is 0 Å². The van der Waals surface area contributed by atoms with Crippen molar-refractivity contribution in [2.24, 2.45) is 0 Å². The maximum absolute atomic E-state index is 3.70. The highest BCUT2D eigenvalue weighted by atomic mass is 15.0. The van der Waals surface area contributed by atoms with E-state index in [1.807, 2.05) is 0 Å². The van der Waals surface area contributed by atoms with E-state index < -0.39 is 0 Å².